The van der Waals surface area contributed by atoms with Crippen LogP contribution in [-0.4, -0.2) is 4.98 Å². The number of ether oxygens (including phenoxy) is 1. The van der Waals surface area contributed by atoms with E-state index in [0.29, 0.717) is 12.5 Å². The molecule has 0 N–H and O–H groups in total. The van der Waals surface area contributed by atoms with Crippen molar-refractivity contribution in [2.75, 3.05) is 0 Å². The summed E-state index contributed by atoms with van der Waals surface area (Å²) in [4.78, 5) is 4.25. The highest BCUT2D eigenvalue weighted by Gasteiger charge is 2.02. The van der Waals surface area contributed by atoms with E-state index in [4.69, 9.17) is 16.3 Å². The largest absolute Gasteiger partial charge is 0.487 e. The molecule has 1 heterocycles. The molecule has 1 aromatic carbocycles. The number of hydrogen-bond acceptors (Lipinski definition) is 2. The summed E-state index contributed by atoms with van der Waals surface area (Å²) in [5, 5.41) is 0. The second-order valence-electron chi connectivity index (χ2n) is 3.64. The van der Waals surface area contributed by atoms with Crippen LogP contribution < -0.4 is 4.74 Å². The maximum absolute atomic E-state index is 5.84. The van der Waals surface area contributed by atoms with Crippen LogP contribution in [0.2, 0.25) is 0 Å². The highest BCUT2D eigenvalue weighted by molar-refractivity contribution is 9.10. The van der Waals surface area contributed by atoms with Crippen LogP contribution >= 0.6 is 43.5 Å². The number of nitrogens with zero attached hydrogens (tertiary/aromatic N) is 1. The van der Waals surface area contributed by atoms with Gasteiger partial charge in [0.15, 0.2) is 0 Å². The topological polar surface area (TPSA) is 22.1 Å². The Labute approximate surface area is 128 Å². The summed E-state index contributed by atoms with van der Waals surface area (Å²) in [6.45, 7) is 0.441. The first-order valence-electron chi connectivity index (χ1n) is 5.26. The van der Waals surface area contributed by atoms with Crippen molar-refractivity contribution in [3.05, 3.63) is 56.7 Å². The normalized spacial score (nSPS) is 10.4. The Morgan fingerprint density at radius 1 is 1.17 bits per heavy atom. The number of halogens is 3. The van der Waals surface area contributed by atoms with E-state index in [2.05, 4.69) is 36.8 Å². The molecule has 5 heteroatoms. The van der Waals surface area contributed by atoms with Crippen molar-refractivity contribution >= 4 is 43.5 Å². The summed E-state index contributed by atoms with van der Waals surface area (Å²) in [5.74, 6) is 1.24. The second kappa shape index (κ2) is 6.55. The van der Waals surface area contributed by atoms with E-state index in [1.807, 2.05) is 30.3 Å². The molecular formula is C13H10Br2ClNO. The molecule has 0 atom stereocenters. The lowest BCUT2D eigenvalue weighted by atomic mass is 10.2. The third kappa shape index (κ3) is 3.70. The maximum Gasteiger partial charge on any atom is 0.130 e. The number of rotatable bonds is 4. The van der Waals surface area contributed by atoms with E-state index in [0.717, 1.165) is 26.0 Å². The molecule has 94 valence electrons. The highest BCUT2D eigenvalue weighted by atomic mass is 79.9. The molecule has 18 heavy (non-hydrogen) atoms. The predicted molar refractivity (Wildman–Crippen MR) is 80.0 cm³/mol. The van der Waals surface area contributed by atoms with Gasteiger partial charge < -0.3 is 4.74 Å². The van der Waals surface area contributed by atoms with Crippen molar-refractivity contribution in [3.63, 3.8) is 0 Å². The molecule has 2 aromatic rings. The van der Waals surface area contributed by atoms with E-state index in [1.54, 1.807) is 6.20 Å². The van der Waals surface area contributed by atoms with Crippen molar-refractivity contribution in [2.24, 2.45) is 0 Å². The first-order chi connectivity index (χ1) is 8.69. The summed E-state index contributed by atoms with van der Waals surface area (Å²) >= 11 is 12.6. The molecule has 1 aromatic heterocycles. The van der Waals surface area contributed by atoms with Gasteiger partial charge in [0.2, 0.25) is 0 Å². The number of hydrogen-bond donors (Lipinski definition) is 0. The molecule has 0 aliphatic carbocycles. The Morgan fingerprint density at radius 2 is 2.00 bits per heavy atom. The summed E-state index contributed by atoms with van der Waals surface area (Å²) < 4.78 is 7.62. The standard InChI is InChI=1S/C13H10Br2ClNO/c14-10-1-2-11(17-7-10)8-18-12-3-4-13(15)9(5-12)6-16/h1-5,7H,6,8H2. The van der Waals surface area contributed by atoms with E-state index >= 15 is 0 Å². The zero-order valence-electron chi connectivity index (χ0n) is 9.37. The van der Waals surface area contributed by atoms with Gasteiger partial charge in [0.25, 0.3) is 0 Å². The average molecular weight is 391 g/mol. The molecule has 0 aliphatic rings. The fourth-order valence-electron chi connectivity index (χ4n) is 1.39. The highest BCUT2D eigenvalue weighted by Crippen LogP contribution is 2.24. The molecule has 0 saturated carbocycles. The number of benzene rings is 1. The fraction of sp³-hybridized carbons (Fsp3) is 0.154. The first kappa shape index (κ1) is 13.8. The molecular weight excluding hydrogens is 381 g/mol. The SMILES string of the molecule is ClCc1cc(OCc2ccc(Br)cn2)ccc1Br. The Balaban J connectivity index is 2.04. The van der Waals surface area contributed by atoms with Crippen LogP contribution in [0, 0.1) is 0 Å². The van der Waals surface area contributed by atoms with Crippen molar-refractivity contribution in [2.45, 2.75) is 12.5 Å². The van der Waals surface area contributed by atoms with Gasteiger partial charge >= 0.3 is 0 Å². The molecule has 0 saturated heterocycles. The van der Waals surface area contributed by atoms with Gasteiger partial charge in [0.1, 0.15) is 12.4 Å². The maximum atomic E-state index is 5.84. The lowest BCUT2D eigenvalue weighted by Crippen LogP contribution is -1.98. The Kier molecular flexibility index (Phi) is 5.03. The fourth-order valence-corrected chi connectivity index (χ4v) is 2.40. The van der Waals surface area contributed by atoms with Crippen LogP contribution in [0.3, 0.4) is 0 Å². The Hall–Kier alpha value is -0.580. The number of aromatic nitrogens is 1. The van der Waals surface area contributed by atoms with E-state index < -0.39 is 0 Å². The van der Waals surface area contributed by atoms with E-state index in [-0.39, 0.29) is 0 Å². The Bertz CT molecular complexity index is 531. The molecule has 0 radical (unpaired) electrons. The molecule has 0 spiro atoms. The van der Waals surface area contributed by atoms with Crippen LogP contribution in [0.25, 0.3) is 0 Å². The molecule has 0 bridgehead atoms. The van der Waals surface area contributed by atoms with Crippen LogP contribution in [-0.2, 0) is 12.5 Å². The van der Waals surface area contributed by atoms with Gasteiger partial charge in [-0.25, -0.2) is 0 Å². The molecule has 0 aliphatic heterocycles. The molecule has 2 rings (SSSR count). The van der Waals surface area contributed by atoms with Gasteiger partial charge in [-0.15, -0.1) is 11.6 Å². The predicted octanol–water partition coefficient (Wildman–Crippen LogP) is 4.92. The van der Waals surface area contributed by atoms with Crippen LogP contribution in [0.5, 0.6) is 5.75 Å². The van der Waals surface area contributed by atoms with Crippen molar-refractivity contribution in [3.8, 4) is 5.75 Å². The molecule has 0 fully saturated rings. The van der Waals surface area contributed by atoms with Crippen LogP contribution in [0.4, 0.5) is 0 Å². The van der Waals surface area contributed by atoms with Crippen molar-refractivity contribution < 1.29 is 4.74 Å². The van der Waals surface area contributed by atoms with Crippen molar-refractivity contribution in [1.29, 1.82) is 0 Å². The van der Waals surface area contributed by atoms with Crippen molar-refractivity contribution in [1.82, 2.24) is 4.98 Å². The van der Waals surface area contributed by atoms with Gasteiger partial charge in [0, 0.05) is 21.0 Å². The Morgan fingerprint density at radius 3 is 2.67 bits per heavy atom. The van der Waals surface area contributed by atoms with E-state index in [9.17, 15) is 0 Å². The second-order valence-corrected chi connectivity index (χ2v) is 5.68. The minimum absolute atomic E-state index is 0.441. The third-order valence-corrected chi connectivity index (χ3v) is 3.87. The number of alkyl halides is 1. The van der Waals surface area contributed by atoms with Crippen LogP contribution in [0.1, 0.15) is 11.3 Å². The van der Waals surface area contributed by atoms with Crippen LogP contribution in [0.15, 0.2) is 45.5 Å². The average Bonchev–Trinajstić information content (AvgIpc) is 2.39. The quantitative estimate of drug-likeness (QED) is 0.690. The minimum Gasteiger partial charge on any atom is -0.487 e. The van der Waals surface area contributed by atoms with Gasteiger partial charge in [-0.2, -0.15) is 0 Å². The zero-order chi connectivity index (χ0) is 13.0. The van der Waals surface area contributed by atoms with Gasteiger partial charge in [0.05, 0.1) is 5.69 Å². The molecule has 2 nitrogen and oxygen atoms in total. The van der Waals surface area contributed by atoms with Gasteiger partial charge in [-0.1, -0.05) is 15.9 Å². The molecule has 0 amide bonds. The summed E-state index contributed by atoms with van der Waals surface area (Å²) in [6.07, 6.45) is 1.75. The van der Waals surface area contributed by atoms with E-state index in [1.165, 1.54) is 0 Å². The minimum atomic E-state index is 0.441. The van der Waals surface area contributed by atoms with Gasteiger partial charge in [-0.05, 0) is 51.8 Å². The smallest absolute Gasteiger partial charge is 0.130 e. The third-order valence-electron chi connectivity index (χ3n) is 2.34. The summed E-state index contributed by atoms with van der Waals surface area (Å²) in [7, 11) is 0. The monoisotopic (exact) mass is 389 g/mol. The molecule has 0 unspecified atom stereocenters. The lowest BCUT2D eigenvalue weighted by molar-refractivity contribution is 0.301. The lowest BCUT2D eigenvalue weighted by Gasteiger charge is -2.08. The zero-order valence-corrected chi connectivity index (χ0v) is 13.3. The summed E-state index contributed by atoms with van der Waals surface area (Å²) in [6, 6.07) is 9.62. The van der Waals surface area contributed by atoms with Gasteiger partial charge in [-0.3, -0.25) is 4.98 Å². The first-order valence-corrected chi connectivity index (χ1v) is 7.38. The summed E-state index contributed by atoms with van der Waals surface area (Å²) in [5.41, 5.74) is 1.89. The number of pyridine rings is 1.